The van der Waals surface area contributed by atoms with Gasteiger partial charge in [0.2, 0.25) is 0 Å². The van der Waals surface area contributed by atoms with Crippen LogP contribution < -0.4 is 5.32 Å². The smallest absolute Gasteiger partial charge is 0.328 e. The molecule has 0 aliphatic heterocycles. The maximum atomic E-state index is 12.3. The molecule has 1 amide bonds. The molecule has 0 bridgehead atoms. The molecule has 0 aliphatic rings. The summed E-state index contributed by atoms with van der Waals surface area (Å²) in [6.45, 7) is 1.79. The average molecular weight is 457 g/mol. The van der Waals surface area contributed by atoms with Crippen LogP contribution in [-0.4, -0.2) is 38.1 Å². The molecule has 0 saturated heterocycles. The Hall–Kier alpha value is -0.930. The van der Waals surface area contributed by atoms with Crippen LogP contribution in [0.25, 0.3) is 0 Å². The number of nitrogens with one attached hydrogen (secondary N) is 1. The van der Waals surface area contributed by atoms with Crippen molar-refractivity contribution in [3.8, 4) is 0 Å². The van der Waals surface area contributed by atoms with Gasteiger partial charge in [-0.25, -0.2) is 4.79 Å². The van der Waals surface area contributed by atoms with Gasteiger partial charge in [-0.3, -0.25) is 9.59 Å². The molecule has 6 nitrogen and oxygen atoms in total. The molecular weight excluding hydrogens is 442 g/mol. The van der Waals surface area contributed by atoms with Gasteiger partial charge in [-0.05, 0) is 50.8 Å². The van der Waals surface area contributed by atoms with Crippen molar-refractivity contribution in [2.75, 3.05) is 14.2 Å². The first kappa shape index (κ1) is 19.1. The summed E-state index contributed by atoms with van der Waals surface area (Å²) in [4.78, 5) is 35.7. The minimum Gasteiger partial charge on any atom is -0.469 e. The number of methoxy groups -OCH3 is 2. The van der Waals surface area contributed by atoms with Crippen molar-refractivity contribution in [3.05, 3.63) is 18.7 Å². The van der Waals surface area contributed by atoms with E-state index in [1.54, 1.807) is 6.92 Å². The van der Waals surface area contributed by atoms with Crippen LogP contribution in [-0.2, 0) is 19.1 Å². The maximum absolute atomic E-state index is 12.3. The Morgan fingerprint density at radius 2 is 1.86 bits per heavy atom. The van der Waals surface area contributed by atoms with Gasteiger partial charge in [0.15, 0.2) is 0 Å². The third-order valence-electron chi connectivity index (χ3n) is 2.90. The number of thiophene rings is 1. The van der Waals surface area contributed by atoms with Gasteiger partial charge < -0.3 is 14.8 Å². The van der Waals surface area contributed by atoms with Crippen LogP contribution >= 0.6 is 43.2 Å². The molecule has 1 aromatic heterocycles. The highest BCUT2D eigenvalue weighted by Crippen LogP contribution is 2.36. The summed E-state index contributed by atoms with van der Waals surface area (Å²) < 4.78 is 10.8. The van der Waals surface area contributed by atoms with E-state index in [-0.39, 0.29) is 12.8 Å². The fourth-order valence-electron chi connectivity index (χ4n) is 1.65. The van der Waals surface area contributed by atoms with Crippen molar-refractivity contribution < 1.29 is 23.9 Å². The molecule has 0 fully saturated rings. The molecule has 22 heavy (non-hydrogen) atoms. The summed E-state index contributed by atoms with van der Waals surface area (Å²) in [5, 5.41) is 2.59. The number of carbonyl (C=O) groups is 3. The summed E-state index contributed by atoms with van der Waals surface area (Å²) in [6.07, 6.45) is 0.116. The minimum atomic E-state index is -0.907. The molecule has 1 aromatic rings. The van der Waals surface area contributed by atoms with E-state index in [0.29, 0.717) is 4.88 Å². The number of esters is 2. The van der Waals surface area contributed by atoms with Crippen LogP contribution in [0.15, 0.2) is 8.26 Å². The second kappa shape index (κ2) is 8.64. The van der Waals surface area contributed by atoms with Gasteiger partial charge in [-0.2, -0.15) is 0 Å². The molecule has 1 rings (SSSR count). The van der Waals surface area contributed by atoms with Crippen molar-refractivity contribution in [2.24, 2.45) is 0 Å². The number of ether oxygens (including phenoxy) is 2. The van der Waals surface area contributed by atoms with Crippen molar-refractivity contribution in [1.82, 2.24) is 5.32 Å². The number of rotatable bonds is 6. The van der Waals surface area contributed by atoms with Crippen LogP contribution in [0.4, 0.5) is 0 Å². The molecule has 1 atom stereocenters. The lowest BCUT2D eigenvalue weighted by Crippen LogP contribution is -2.41. The minimum absolute atomic E-state index is 0.00730. The van der Waals surface area contributed by atoms with Crippen molar-refractivity contribution in [3.63, 3.8) is 0 Å². The SMILES string of the molecule is COC(=O)CC[C@H](NC(=O)c1sc(Br)c(Br)c1C)C(=O)OC. The Bertz CT molecular complexity index is 587. The summed E-state index contributed by atoms with van der Waals surface area (Å²) in [6, 6.07) is -0.907. The highest BCUT2D eigenvalue weighted by Gasteiger charge is 2.25. The summed E-state index contributed by atoms with van der Waals surface area (Å²) in [7, 11) is 2.49. The van der Waals surface area contributed by atoms with E-state index in [1.165, 1.54) is 25.6 Å². The topological polar surface area (TPSA) is 81.7 Å². The molecule has 0 spiro atoms. The molecule has 0 radical (unpaired) electrons. The zero-order valence-corrected chi connectivity index (χ0v) is 16.2. The Kier molecular flexibility index (Phi) is 7.51. The Labute approximate surface area is 148 Å². The second-order valence-electron chi connectivity index (χ2n) is 4.31. The van der Waals surface area contributed by atoms with Crippen LogP contribution in [0.5, 0.6) is 0 Å². The first-order valence-corrected chi connectivity index (χ1v) is 8.61. The average Bonchev–Trinajstić information content (AvgIpc) is 2.77. The van der Waals surface area contributed by atoms with Gasteiger partial charge >= 0.3 is 11.9 Å². The van der Waals surface area contributed by atoms with Crippen molar-refractivity contribution >= 4 is 61.0 Å². The molecule has 0 aliphatic carbocycles. The predicted octanol–water partition coefficient (Wildman–Crippen LogP) is 2.81. The van der Waals surface area contributed by atoms with Gasteiger partial charge in [0.25, 0.3) is 5.91 Å². The number of hydrogen-bond acceptors (Lipinski definition) is 6. The lowest BCUT2D eigenvalue weighted by atomic mass is 10.1. The van der Waals surface area contributed by atoms with Gasteiger partial charge in [-0.15, -0.1) is 11.3 Å². The molecule has 0 aromatic carbocycles. The van der Waals surface area contributed by atoms with Gasteiger partial charge in [0.1, 0.15) is 6.04 Å². The van der Waals surface area contributed by atoms with E-state index in [9.17, 15) is 14.4 Å². The number of amides is 1. The molecule has 1 heterocycles. The lowest BCUT2D eigenvalue weighted by molar-refractivity contribution is -0.144. The van der Waals surface area contributed by atoms with E-state index in [1.807, 2.05) is 0 Å². The molecule has 122 valence electrons. The highest BCUT2D eigenvalue weighted by atomic mass is 79.9. The summed E-state index contributed by atoms with van der Waals surface area (Å²) >= 11 is 7.96. The monoisotopic (exact) mass is 455 g/mol. The number of carbonyl (C=O) groups excluding carboxylic acids is 3. The third-order valence-corrected chi connectivity index (χ3v) is 6.64. The van der Waals surface area contributed by atoms with E-state index >= 15 is 0 Å². The first-order valence-electron chi connectivity index (χ1n) is 6.21. The fourth-order valence-corrected chi connectivity index (χ4v) is 3.84. The van der Waals surface area contributed by atoms with Crippen LogP contribution in [0.3, 0.4) is 0 Å². The standard InChI is InChI=1S/C13H15Br2NO5S/c1-6-9(14)11(15)22-10(6)12(18)16-7(13(19)21-3)4-5-8(17)20-2/h7H,4-5H2,1-3H3,(H,16,18)/t7-/m0/s1. The maximum Gasteiger partial charge on any atom is 0.328 e. The quantitative estimate of drug-likeness (QED) is 0.665. The van der Waals surface area contributed by atoms with Crippen molar-refractivity contribution in [2.45, 2.75) is 25.8 Å². The largest absolute Gasteiger partial charge is 0.469 e. The Morgan fingerprint density at radius 1 is 1.23 bits per heavy atom. The van der Waals surface area contributed by atoms with Crippen molar-refractivity contribution in [1.29, 1.82) is 0 Å². The first-order chi connectivity index (χ1) is 10.3. The predicted molar refractivity (Wildman–Crippen MR) is 89.0 cm³/mol. The van der Waals surface area contributed by atoms with Gasteiger partial charge in [0, 0.05) is 10.9 Å². The normalized spacial score (nSPS) is 11.7. The van der Waals surface area contributed by atoms with E-state index in [0.717, 1.165) is 13.8 Å². The second-order valence-corrected chi connectivity index (χ2v) is 7.44. The van der Waals surface area contributed by atoms with Crippen LogP contribution in [0, 0.1) is 6.92 Å². The molecule has 0 unspecified atom stereocenters. The summed E-state index contributed by atoms with van der Waals surface area (Å²) in [5.41, 5.74) is 0.769. The number of hydrogen-bond donors (Lipinski definition) is 1. The molecule has 0 saturated carbocycles. The summed E-state index contributed by atoms with van der Waals surface area (Å²) in [5.74, 6) is -1.46. The molecular formula is C13H15Br2NO5S. The van der Waals surface area contributed by atoms with E-state index in [2.05, 4.69) is 46.7 Å². The lowest BCUT2D eigenvalue weighted by Gasteiger charge is -2.15. The Balaban J connectivity index is 2.84. The van der Waals surface area contributed by atoms with Crippen LogP contribution in [0.1, 0.15) is 28.1 Å². The van der Waals surface area contributed by atoms with E-state index in [4.69, 9.17) is 0 Å². The molecule has 9 heteroatoms. The molecule has 1 N–H and O–H groups in total. The zero-order valence-electron chi connectivity index (χ0n) is 12.2. The third kappa shape index (κ3) is 4.79. The van der Waals surface area contributed by atoms with E-state index < -0.39 is 23.9 Å². The van der Waals surface area contributed by atoms with Gasteiger partial charge in [0.05, 0.1) is 22.9 Å². The van der Waals surface area contributed by atoms with Crippen LogP contribution in [0.2, 0.25) is 0 Å². The Morgan fingerprint density at radius 3 is 2.32 bits per heavy atom. The number of halogens is 2. The fraction of sp³-hybridized carbons (Fsp3) is 0.462. The zero-order chi connectivity index (χ0) is 16.9. The van der Waals surface area contributed by atoms with Gasteiger partial charge in [-0.1, -0.05) is 0 Å². The highest BCUT2D eigenvalue weighted by molar-refractivity contribution is 9.13.